The molecule has 174 valence electrons. The molecule has 1 spiro atoms. The zero-order valence-corrected chi connectivity index (χ0v) is 20.4. The van der Waals surface area contributed by atoms with Crippen LogP contribution in [0.4, 0.5) is 4.39 Å². The first-order chi connectivity index (χ1) is 15.7. The van der Waals surface area contributed by atoms with E-state index in [1.54, 1.807) is 4.90 Å². The molecule has 3 aliphatic rings. The number of hydrogen-bond donors (Lipinski definition) is 2. The zero-order valence-electron chi connectivity index (χ0n) is 17.5. The third-order valence-electron chi connectivity index (χ3n) is 6.63. The number of nitrogens with zero attached hydrogens (tertiary/aromatic N) is 2. The molecule has 33 heavy (non-hydrogen) atoms. The van der Waals surface area contributed by atoms with Crippen molar-refractivity contribution in [3.05, 3.63) is 59.8 Å². The molecule has 11 heteroatoms. The maximum atomic E-state index is 13.6. The maximum absolute atomic E-state index is 13.6. The molecule has 8 nitrogen and oxygen atoms in total. The minimum Gasteiger partial charge on any atom is -0.503 e. The molecular weight excluding hydrogens is 568 g/mol. The van der Waals surface area contributed by atoms with E-state index in [4.69, 9.17) is 16.3 Å². The van der Waals surface area contributed by atoms with Gasteiger partial charge in [0.15, 0.2) is 17.2 Å². The number of benzene rings is 1. The third-order valence-corrected chi connectivity index (χ3v) is 8.55. The fourth-order valence-electron chi connectivity index (χ4n) is 5.21. The van der Waals surface area contributed by atoms with Crippen LogP contribution in [0.2, 0.25) is 5.02 Å². The van der Waals surface area contributed by atoms with Crippen LogP contribution >= 0.6 is 34.2 Å². The first-order valence-electron chi connectivity index (χ1n) is 10.5. The Morgan fingerprint density at radius 3 is 2.94 bits per heavy atom. The monoisotopic (exact) mass is 587 g/mol. The number of hydrogen-bond acceptors (Lipinski definition) is 5. The quantitative estimate of drug-likeness (QED) is 0.425. The standard InChI is InChI=1S/C22H20ClFIN3O5/c1-10-8-28-21(32)17-19(30)18(29)12(9-27(17)14-3-2-6-22(14,28)33-10)20(31)26-7-11-4-5-13(24)15(23)16(11)25/h4-5,9-10,14,30H,2-3,6-8H2,1H3,(H,26,31)/t10-,14-,22-/m1/s1. The van der Waals surface area contributed by atoms with Gasteiger partial charge in [0.25, 0.3) is 11.8 Å². The number of fused-ring (bicyclic) bond motifs is 2. The number of rotatable bonds is 3. The van der Waals surface area contributed by atoms with E-state index in [0.717, 1.165) is 6.42 Å². The molecular formula is C22H20ClFIN3O5. The lowest BCUT2D eigenvalue weighted by Gasteiger charge is -2.44. The lowest BCUT2D eigenvalue weighted by Crippen LogP contribution is -2.56. The molecule has 0 bridgehead atoms. The fourth-order valence-corrected chi connectivity index (χ4v) is 6.02. The Labute approximate surface area is 206 Å². The van der Waals surface area contributed by atoms with Crippen LogP contribution in [0.25, 0.3) is 0 Å². The van der Waals surface area contributed by atoms with Crippen LogP contribution in [0, 0.1) is 9.39 Å². The molecule has 2 N–H and O–H groups in total. The molecule has 2 aliphatic heterocycles. The lowest BCUT2D eigenvalue weighted by atomic mass is 9.99. The summed E-state index contributed by atoms with van der Waals surface area (Å²) in [5, 5.41) is 13.3. The molecule has 3 atom stereocenters. The van der Waals surface area contributed by atoms with E-state index < -0.39 is 34.5 Å². The van der Waals surface area contributed by atoms with Crippen LogP contribution in [-0.2, 0) is 11.3 Å². The van der Waals surface area contributed by atoms with E-state index in [2.05, 4.69) is 5.32 Å². The highest BCUT2D eigenvalue weighted by molar-refractivity contribution is 14.1. The van der Waals surface area contributed by atoms with E-state index >= 15 is 0 Å². The summed E-state index contributed by atoms with van der Waals surface area (Å²) in [6.07, 6.45) is 3.30. The molecule has 3 heterocycles. The van der Waals surface area contributed by atoms with Crippen molar-refractivity contribution in [3.63, 3.8) is 0 Å². The fraction of sp³-hybridized carbons (Fsp3) is 0.409. The second kappa shape index (κ2) is 7.95. The summed E-state index contributed by atoms with van der Waals surface area (Å²) < 4.78 is 21.8. The molecule has 2 amide bonds. The van der Waals surface area contributed by atoms with Crippen LogP contribution in [0.1, 0.15) is 58.6 Å². The average molecular weight is 588 g/mol. The van der Waals surface area contributed by atoms with Gasteiger partial charge in [0.2, 0.25) is 5.43 Å². The smallest absolute Gasteiger partial charge is 0.276 e. The van der Waals surface area contributed by atoms with Gasteiger partial charge in [-0.15, -0.1) is 0 Å². The molecule has 5 rings (SSSR count). The molecule has 1 saturated heterocycles. The molecule has 0 unspecified atom stereocenters. The second-order valence-corrected chi connectivity index (χ2v) is 10.0. The Kier molecular flexibility index (Phi) is 5.44. The first-order valence-corrected chi connectivity index (χ1v) is 12.0. The molecule has 0 radical (unpaired) electrons. The van der Waals surface area contributed by atoms with Gasteiger partial charge in [-0.25, -0.2) is 4.39 Å². The highest BCUT2D eigenvalue weighted by Gasteiger charge is 2.60. The van der Waals surface area contributed by atoms with Crippen molar-refractivity contribution in [1.82, 2.24) is 14.8 Å². The summed E-state index contributed by atoms with van der Waals surface area (Å²) in [6.45, 7) is 2.26. The van der Waals surface area contributed by atoms with Gasteiger partial charge in [0.1, 0.15) is 11.4 Å². The lowest BCUT2D eigenvalue weighted by molar-refractivity contribution is -0.116. The van der Waals surface area contributed by atoms with Gasteiger partial charge < -0.3 is 24.6 Å². The molecule has 2 fully saturated rings. The summed E-state index contributed by atoms with van der Waals surface area (Å²) in [5.41, 5.74) is -1.57. The minimum absolute atomic E-state index is 0.000238. The van der Waals surface area contributed by atoms with Crippen molar-refractivity contribution in [2.45, 2.75) is 50.6 Å². The van der Waals surface area contributed by atoms with Gasteiger partial charge in [0.05, 0.1) is 17.2 Å². The zero-order chi connectivity index (χ0) is 23.7. The number of nitrogens with one attached hydrogen (secondary N) is 1. The number of aromatic nitrogens is 1. The number of carbonyl (C=O) groups is 2. The van der Waals surface area contributed by atoms with Crippen LogP contribution in [0.5, 0.6) is 5.75 Å². The summed E-state index contributed by atoms with van der Waals surface area (Å²) in [6, 6.07) is 2.38. The van der Waals surface area contributed by atoms with Crippen LogP contribution < -0.4 is 10.7 Å². The summed E-state index contributed by atoms with van der Waals surface area (Å²) in [4.78, 5) is 40.6. The molecule has 2 aromatic rings. The number of pyridine rings is 1. The number of amides is 2. The normalized spacial score (nSPS) is 25.6. The average Bonchev–Trinajstić information content (AvgIpc) is 3.35. The predicted molar refractivity (Wildman–Crippen MR) is 125 cm³/mol. The van der Waals surface area contributed by atoms with Gasteiger partial charge in [-0.3, -0.25) is 14.4 Å². The summed E-state index contributed by atoms with van der Waals surface area (Å²) >= 11 is 7.81. The molecule has 1 aromatic carbocycles. The van der Waals surface area contributed by atoms with Crippen LogP contribution in [0.15, 0.2) is 23.1 Å². The number of ether oxygens (including phenoxy) is 1. The summed E-state index contributed by atoms with van der Waals surface area (Å²) in [5.74, 6) is -2.51. The van der Waals surface area contributed by atoms with Crippen molar-refractivity contribution >= 4 is 46.0 Å². The highest BCUT2D eigenvalue weighted by Crippen LogP contribution is 2.52. The van der Waals surface area contributed by atoms with E-state index in [0.29, 0.717) is 28.5 Å². The van der Waals surface area contributed by atoms with E-state index in [1.165, 1.54) is 22.9 Å². The molecule has 1 saturated carbocycles. The van der Waals surface area contributed by atoms with Gasteiger partial charge in [-0.05, 0) is 60.4 Å². The van der Waals surface area contributed by atoms with Crippen molar-refractivity contribution in [3.8, 4) is 5.75 Å². The number of aromatic hydroxyl groups is 1. The molecule has 1 aromatic heterocycles. The third kappa shape index (κ3) is 3.28. The van der Waals surface area contributed by atoms with E-state index in [9.17, 15) is 23.9 Å². The van der Waals surface area contributed by atoms with Gasteiger partial charge >= 0.3 is 0 Å². The minimum atomic E-state index is -0.919. The largest absolute Gasteiger partial charge is 0.503 e. The van der Waals surface area contributed by atoms with E-state index in [-0.39, 0.29) is 35.0 Å². The Balaban J connectivity index is 1.51. The maximum Gasteiger partial charge on any atom is 0.276 e. The van der Waals surface area contributed by atoms with Gasteiger partial charge in [-0.1, -0.05) is 17.7 Å². The van der Waals surface area contributed by atoms with Crippen LogP contribution in [0.3, 0.4) is 0 Å². The second-order valence-electron chi connectivity index (χ2n) is 8.59. The topological polar surface area (TPSA) is 101 Å². The summed E-state index contributed by atoms with van der Waals surface area (Å²) in [7, 11) is 0. The van der Waals surface area contributed by atoms with E-state index in [1.807, 2.05) is 29.5 Å². The predicted octanol–water partition coefficient (Wildman–Crippen LogP) is 3.18. The highest BCUT2D eigenvalue weighted by atomic mass is 127. The van der Waals surface area contributed by atoms with Crippen molar-refractivity contribution in [2.75, 3.05) is 6.54 Å². The van der Waals surface area contributed by atoms with Crippen LogP contribution in [-0.4, -0.2) is 44.8 Å². The van der Waals surface area contributed by atoms with Crippen molar-refractivity contribution < 1.29 is 23.8 Å². The SMILES string of the molecule is C[C@@H]1CN2C(=O)c3c(O)c(=O)c(C(=O)NCc4ccc(F)c(Cl)c4I)cn3[C@@H]3CCC[C@@]32O1. The Bertz CT molecular complexity index is 1270. The number of halogens is 3. The Hall–Kier alpha value is -2.18. The molecule has 1 aliphatic carbocycles. The first kappa shape index (κ1) is 22.6. The Morgan fingerprint density at radius 2 is 2.18 bits per heavy atom. The van der Waals surface area contributed by atoms with Crippen molar-refractivity contribution in [2.24, 2.45) is 0 Å². The Morgan fingerprint density at radius 1 is 1.42 bits per heavy atom. The number of carbonyl (C=O) groups excluding carboxylic acids is 2. The van der Waals surface area contributed by atoms with Gasteiger partial charge in [-0.2, -0.15) is 0 Å². The van der Waals surface area contributed by atoms with Crippen molar-refractivity contribution in [1.29, 1.82) is 0 Å². The van der Waals surface area contributed by atoms with Gasteiger partial charge in [0, 0.05) is 22.9 Å².